The highest BCUT2D eigenvalue weighted by molar-refractivity contribution is 8.01. The molecule has 3 aliphatic rings. The molecule has 2 saturated heterocycles. The lowest BCUT2D eigenvalue weighted by atomic mass is 9.85. The number of thioether (sulfide) groups is 1. The van der Waals surface area contributed by atoms with E-state index in [0.717, 1.165) is 0 Å². The van der Waals surface area contributed by atoms with E-state index in [1.165, 1.54) is 37.0 Å². The van der Waals surface area contributed by atoms with Gasteiger partial charge in [0.25, 0.3) is 5.91 Å². The van der Waals surface area contributed by atoms with Crippen LogP contribution in [0.1, 0.15) is 13.8 Å². The molecular formula is C13H15N3O5S. The summed E-state index contributed by atoms with van der Waals surface area (Å²) in [5.74, 6) is -1.46. The Morgan fingerprint density at radius 3 is 2.59 bits per heavy atom. The molecule has 9 heteroatoms. The summed E-state index contributed by atoms with van der Waals surface area (Å²) in [5.41, 5.74) is -1.20. The van der Waals surface area contributed by atoms with Crippen molar-refractivity contribution in [3.05, 3.63) is 11.8 Å². The van der Waals surface area contributed by atoms with Crippen LogP contribution in [0.15, 0.2) is 22.0 Å². The van der Waals surface area contributed by atoms with Crippen LogP contribution in [-0.4, -0.2) is 58.7 Å². The maximum absolute atomic E-state index is 12.6. The van der Waals surface area contributed by atoms with Crippen LogP contribution >= 0.6 is 11.8 Å². The Balaban J connectivity index is 1.95. The molecule has 3 aliphatic heterocycles. The summed E-state index contributed by atoms with van der Waals surface area (Å²) in [6.07, 6.45) is 1.42. The molecule has 0 aromatic heterocycles. The molecule has 3 rings (SSSR count). The fourth-order valence-electron chi connectivity index (χ4n) is 2.99. The third kappa shape index (κ3) is 1.68. The quantitative estimate of drug-likeness (QED) is 0.541. The number of fused-ring (bicyclic) bond motifs is 2. The summed E-state index contributed by atoms with van der Waals surface area (Å²) in [7, 11) is 2.53. The van der Waals surface area contributed by atoms with E-state index in [4.69, 9.17) is 4.74 Å². The van der Waals surface area contributed by atoms with Gasteiger partial charge in [-0.25, -0.2) is 9.59 Å². The van der Waals surface area contributed by atoms with E-state index >= 15 is 0 Å². The highest BCUT2D eigenvalue weighted by Gasteiger charge is 2.72. The maximum Gasteiger partial charge on any atom is 0.358 e. The average Bonchev–Trinajstić information content (AvgIpc) is 3.05. The lowest BCUT2D eigenvalue weighted by Crippen LogP contribution is -2.71. The topological polar surface area (TPSA) is 97.6 Å². The molecule has 1 spiro atoms. The van der Waals surface area contributed by atoms with Gasteiger partial charge in [0.1, 0.15) is 11.4 Å². The van der Waals surface area contributed by atoms with Gasteiger partial charge in [-0.1, -0.05) is 0 Å². The van der Waals surface area contributed by atoms with E-state index in [2.05, 4.69) is 15.0 Å². The number of hydrogen-bond donors (Lipinski definition) is 0. The molecule has 3 heterocycles. The molecule has 1 unspecified atom stereocenters. The van der Waals surface area contributed by atoms with Gasteiger partial charge in [-0.05, 0) is 19.9 Å². The van der Waals surface area contributed by atoms with Crippen molar-refractivity contribution in [2.24, 2.45) is 10.2 Å². The smallest absolute Gasteiger partial charge is 0.358 e. The van der Waals surface area contributed by atoms with Crippen molar-refractivity contribution in [3.8, 4) is 0 Å². The fraction of sp³-hybridized carbons (Fsp3) is 0.615. The molecule has 1 amide bonds. The Hall–Kier alpha value is -1.90. The van der Waals surface area contributed by atoms with Crippen LogP contribution in [0.25, 0.3) is 0 Å². The molecule has 0 bridgehead atoms. The summed E-state index contributed by atoms with van der Waals surface area (Å²) in [6.45, 7) is 3.74. The minimum absolute atomic E-state index is 0.00965. The number of methoxy groups -OCH3 is 2. The molecule has 8 nitrogen and oxygen atoms in total. The Labute approximate surface area is 130 Å². The number of ether oxygens (including phenoxy) is 2. The second-order valence-corrected chi connectivity index (χ2v) is 7.49. The Morgan fingerprint density at radius 1 is 1.32 bits per heavy atom. The zero-order chi connectivity index (χ0) is 16.3. The number of β-lactam (4-membered cyclic amide) rings is 1. The molecule has 22 heavy (non-hydrogen) atoms. The van der Waals surface area contributed by atoms with Gasteiger partial charge < -0.3 is 14.4 Å². The van der Waals surface area contributed by atoms with Crippen molar-refractivity contribution in [2.75, 3.05) is 14.2 Å². The predicted octanol–water partition coefficient (Wildman–Crippen LogP) is 0.483. The summed E-state index contributed by atoms with van der Waals surface area (Å²) in [6, 6.07) is -0.684. The Kier molecular flexibility index (Phi) is 3.10. The number of carbonyl (C=O) groups excluding carboxylic acids is 3. The lowest BCUT2D eigenvalue weighted by molar-refractivity contribution is -0.164. The Morgan fingerprint density at radius 2 is 2.00 bits per heavy atom. The van der Waals surface area contributed by atoms with Crippen LogP contribution in [-0.2, 0) is 23.9 Å². The van der Waals surface area contributed by atoms with Gasteiger partial charge in [-0.15, -0.1) is 16.9 Å². The van der Waals surface area contributed by atoms with E-state index in [-0.39, 0.29) is 17.0 Å². The highest BCUT2D eigenvalue weighted by Crippen LogP contribution is 2.58. The fourth-order valence-corrected chi connectivity index (χ4v) is 4.63. The normalized spacial score (nSPS) is 34.3. The first-order valence-corrected chi connectivity index (χ1v) is 7.49. The van der Waals surface area contributed by atoms with E-state index in [9.17, 15) is 14.4 Å². The number of rotatable bonds is 2. The van der Waals surface area contributed by atoms with Gasteiger partial charge in [0.15, 0.2) is 5.70 Å². The zero-order valence-electron chi connectivity index (χ0n) is 12.5. The van der Waals surface area contributed by atoms with E-state index in [1.54, 1.807) is 0 Å². The number of azo groups is 1. The second-order valence-electron chi connectivity index (χ2n) is 5.76. The minimum atomic E-state index is -1.21. The summed E-state index contributed by atoms with van der Waals surface area (Å²) in [4.78, 5) is 37.6. The largest absolute Gasteiger partial charge is 0.467 e. The van der Waals surface area contributed by atoms with Crippen molar-refractivity contribution < 1.29 is 23.9 Å². The first-order chi connectivity index (χ1) is 10.3. The van der Waals surface area contributed by atoms with Gasteiger partial charge in [-0.2, -0.15) is 5.11 Å². The molecule has 0 aromatic rings. The SMILES string of the molecule is COC(=O)C1=CC2(N=N1)C(=O)N1[C@@H](C(=O)OC)C(C)(C)S[C@@H]12. The first kappa shape index (κ1) is 15.0. The zero-order valence-corrected chi connectivity index (χ0v) is 13.3. The van der Waals surface area contributed by atoms with Gasteiger partial charge in [0.2, 0.25) is 5.54 Å². The molecule has 118 valence electrons. The van der Waals surface area contributed by atoms with Gasteiger partial charge in [0.05, 0.1) is 14.2 Å². The number of amides is 1. The molecule has 0 saturated carbocycles. The number of carbonyl (C=O) groups is 3. The van der Waals surface area contributed by atoms with E-state index in [1.807, 2.05) is 13.8 Å². The first-order valence-electron chi connectivity index (χ1n) is 6.61. The van der Waals surface area contributed by atoms with Crippen LogP contribution in [0.2, 0.25) is 0 Å². The third-order valence-corrected chi connectivity index (χ3v) is 5.70. The highest BCUT2D eigenvalue weighted by atomic mass is 32.2. The molecule has 0 radical (unpaired) electrons. The van der Waals surface area contributed by atoms with Gasteiger partial charge in [-0.3, -0.25) is 4.79 Å². The van der Waals surface area contributed by atoms with Gasteiger partial charge >= 0.3 is 11.9 Å². The van der Waals surface area contributed by atoms with Crippen molar-refractivity contribution in [3.63, 3.8) is 0 Å². The van der Waals surface area contributed by atoms with Crippen molar-refractivity contribution in [1.29, 1.82) is 0 Å². The van der Waals surface area contributed by atoms with Crippen LogP contribution < -0.4 is 0 Å². The van der Waals surface area contributed by atoms with Crippen LogP contribution in [0.3, 0.4) is 0 Å². The monoisotopic (exact) mass is 325 g/mol. The number of esters is 2. The van der Waals surface area contributed by atoms with Crippen molar-refractivity contribution in [1.82, 2.24) is 4.90 Å². The third-order valence-electron chi connectivity index (χ3n) is 4.06. The maximum atomic E-state index is 12.6. The van der Waals surface area contributed by atoms with E-state index < -0.39 is 28.3 Å². The number of hydrogen-bond acceptors (Lipinski definition) is 8. The van der Waals surface area contributed by atoms with Gasteiger partial charge in [0, 0.05) is 4.75 Å². The minimum Gasteiger partial charge on any atom is -0.467 e. The van der Waals surface area contributed by atoms with E-state index in [0.29, 0.717) is 0 Å². The average molecular weight is 325 g/mol. The molecular weight excluding hydrogens is 310 g/mol. The summed E-state index contributed by atoms with van der Waals surface area (Å²) in [5, 5.41) is 7.38. The molecule has 2 fully saturated rings. The molecule has 0 aromatic carbocycles. The molecule has 0 aliphatic carbocycles. The summed E-state index contributed by atoms with van der Waals surface area (Å²) < 4.78 is 8.88. The number of nitrogens with zero attached hydrogens (tertiary/aromatic N) is 3. The standard InChI is InChI=1S/C13H15N3O5S/c1-12(2)7(9(18)21-4)16-10(19)13(11(16)22-12)5-6(14-15-13)8(17)20-3/h5,7,11H,1-4H3/t7-,11+,13?/m0/s1. The van der Waals surface area contributed by atoms with Crippen LogP contribution in [0, 0.1) is 0 Å². The lowest BCUT2D eigenvalue weighted by Gasteiger charge is -2.47. The van der Waals surface area contributed by atoms with Crippen molar-refractivity contribution in [2.45, 2.75) is 35.5 Å². The molecule has 3 atom stereocenters. The van der Waals surface area contributed by atoms with Crippen LogP contribution in [0.5, 0.6) is 0 Å². The van der Waals surface area contributed by atoms with Crippen molar-refractivity contribution >= 4 is 29.6 Å². The molecule has 0 N–H and O–H groups in total. The predicted molar refractivity (Wildman–Crippen MR) is 75.8 cm³/mol. The Bertz CT molecular complexity index is 644. The van der Waals surface area contributed by atoms with Crippen LogP contribution in [0.4, 0.5) is 0 Å². The second kappa shape index (κ2) is 4.55. The summed E-state index contributed by atoms with van der Waals surface area (Å²) >= 11 is 1.44.